The Balaban J connectivity index is 2.40. The fourth-order valence-corrected chi connectivity index (χ4v) is 4.02. The third kappa shape index (κ3) is 4.99. The summed E-state index contributed by atoms with van der Waals surface area (Å²) in [6.45, 7) is 2.04. The van der Waals surface area contributed by atoms with E-state index < -0.39 is 15.7 Å². The lowest BCUT2D eigenvalue weighted by Gasteiger charge is -2.29. The molecule has 0 bridgehead atoms. The molecule has 0 fully saturated rings. The van der Waals surface area contributed by atoms with Crippen molar-refractivity contribution in [2.45, 2.75) is 25.8 Å². The maximum absolute atomic E-state index is 13.0. The molecule has 0 radical (unpaired) electrons. The van der Waals surface area contributed by atoms with Crippen molar-refractivity contribution in [3.05, 3.63) is 57.4 Å². The van der Waals surface area contributed by atoms with Gasteiger partial charge in [-0.3, -0.25) is 4.79 Å². The van der Waals surface area contributed by atoms with Gasteiger partial charge in [0.1, 0.15) is 9.91 Å². The average molecular weight is 379 g/mol. The number of carbonyl (C=O) groups excluding carboxylic acids is 1. The van der Waals surface area contributed by atoms with Crippen LogP contribution in [0.2, 0.25) is 0 Å². The Labute approximate surface area is 152 Å². The minimum absolute atomic E-state index is 0.180. The van der Waals surface area contributed by atoms with E-state index in [0.717, 1.165) is 24.7 Å². The molecule has 134 valence electrons. The minimum atomic E-state index is -3.68. The van der Waals surface area contributed by atoms with Crippen LogP contribution in [0, 0.1) is 0 Å². The molecular weight excluding hydrogens is 356 g/mol. The highest BCUT2D eigenvalue weighted by Crippen LogP contribution is 2.27. The Hall–Kier alpha value is -1.99. The molecule has 0 aliphatic heterocycles. The van der Waals surface area contributed by atoms with Crippen LogP contribution in [0.5, 0.6) is 0 Å². The van der Waals surface area contributed by atoms with Crippen molar-refractivity contribution in [3.8, 4) is 0 Å². The molecule has 1 atom stereocenters. The van der Waals surface area contributed by atoms with Gasteiger partial charge in [0.2, 0.25) is 0 Å². The van der Waals surface area contributed by atoms with Crippen molar-refractivity contribution in [2.75, 3.05) is 13.3 Å². The van der Waals surface area contributed by atoms with Gasteiger partial charge in [0, 0.05) is 24.9 Å². The van der Waals surface area contributed by atoms with Crippen molar-refractivity contribution >= 4 is 33.2 Å². The summed E-state index contributed by atoms with van der Waals surface area (Å²) >= 11 is 1.29. The van der Waals surface area contributed by atoms with E-state index in [2.05, 4.69) is 4.98 Å². The highest BCUT2D eigenvalue weighted by Gasteiger charge is 2.29. The standard InChI is InChI=1S/C18H22N2O3S2/c1-4-8-15(14-9-6-5-7-10-14)20(2)18(21)16(25(3,22)23)13-17-19-11-12-24-17/h5-7,9-13,15H,4,8H2,1-3H3/b16-13-. The zero-order valence-corrected chi connectivity index (χ0v) is 16.2. The van der Waals surface area contributed by atoms with Gasteiger partial charge in [0.25, 0.3) is 5.91 Å². The van der Waals surface area contributed by atoms with Gasteiger partial charge in [-0.2, -0.15) is 0 Å². The third-order valence-corrected chi connectivity index (χ3v) is 5.66. The second-order valence-corrected chi connectivity index (χ2v) is 8.69. The lowest BCUT2D eigenvalue weighted by Crippen LogP contribution is -2.34. The summed E-state index contributed by atoms with van der Waals surface area (Å²) in [7, 11) is -2.03. The number of aromatic nitrogens is 1. The molecule has 1 aromatic carbocycles. The van der Waals surface area contributed by atoms with Crippen molar-refractivity contribution in [2.24, 2.45) is 0 Å². The summed E-state index contributed by atoms with van der Waals surface area (Å²) < 4.78 is 24.4. The predicted octanol–water partition coefficient (Wildman–Crippen LogP) is 3.53. The van der Waals surface area contributed by atoms with Gasteiger partial charge < -0.3 is 4.90 Å². The quantitative estimate of drug-likeness (QED) is 0.691. The number of amides is 1. The van der Waals surface area contributed by atoms with Gasteiger partial charge in [0.15, 0.2) is 9.84 Å². The summed E-state index contributed by atoms with van der Waals surface area (Å²) in [5, 5.41) is 2.23. The van der Waals surface area contributed by atoms with E-state index >= 15 is 0 Å². The van der Waals surface area contributed by atoms with E-state index in [1.165, 1.54) is 22.3 Å². The van der Waals surface area contributed by atoms with Crippen molar-refractivity contribution in [3.63, 3.8) is 0 Å². The van der Waals surface area contributed by atoms with Gasteiger partial charge >= 0.3 is 0 Å². The van der Waals surface area contributed by atoms with E-state index in [1.807, 2.05) is 37.3 Å². The monoisotopic (exact) mass is 378 g/mol. The average Bonchev–Trinajstić information content (AvgIpc) is 3.09. The zero-order chi connectivity index (χ0) is 18.4. The van der Waals surface area contributed by atoms with Crippen molar-refractivity contribution in [1.82, 2.24) is 9.88 Å². The molecule has 0 N–H and O–H groups in total. The first-order chi connectivity index (χ1) is 11.8. The highest BCUT2D eigenvalue weighted by molar-refractivity contribution is 7.95. The van der Waals surface area contributed by atoms with Crippen LogP contribution in [-0.4, -0.2) is 37.5 Å². The maximum Gasteiger partial charge on any atom is 0.265 e. The zero-order valence-electron chi connectivity index (χ0n) is 14.5. The fraction of sp³-hybridized carbons (Fsp3) is 0.333. The Morgan fingerprint density at radius 3 is 2.52 bits per heavy atom. The van der Waals surface area contributed by atoms with Crippen LogP contribution in [-0.2, 0) is 14.6 Å². The molecular formula is C18H22N2O3S2. The number of thiazole rings is 1. The van der Waals surface area contributed by atoms with E-state index in [0.29, 0.717) is 5.01 Å². The van der Waals surface area contributed by atoms with Gasteiger partial charge in [-0.05, 0) is 18.1 Å². The molecule has 0 saturated heterocycles. The second-order valence-electron chi connectivity index (χ2n) is 5.78. The summed E-state index contributed by atoms with van der Waals surface area (Å²) in [4.78, 5) is 18.3. The lowest BCUT2D eigenvalue weighted by atomic mass is 10.0. The van der Waals surface area contributed by atoms with E-state index in [-0.39, 0.29) is 10.9 Å². The first-order valence-corrected chi connectivity index (χ1v) is 10.7. The minimum Gasteiger partial charge on any atom is -0.334 e. The largest absolute Gasteiger partial charge is 0.334 e. The SMILES string of the molecule is CCCC(c1ccccc1)N(C)C(=O)/C(=C/c1nccs1)S(C)(=O)=O. The van der Waals surface area contributed by atoms with Crippen LogP contribution < -0.4 is 0 Å². The Bertz CT molecular complexity index is 828. The molecule has 0 aliphatic carbocycles. The molecule has 0 spiro atoms. The van der Waals surface area contributed by atoms with Crippen LogP contribution in [0.1, 0.15) is 36.4 Å². The van der Waals surface area contributed by atoms with Gasteiger partial charge in [-0.25, -0.2) is 13.4 Å². The normalized spacial score (nSPS) is 13.5. The molecule has 1 aromatic heterocycles. The number of carbonyl (C=O) groups is 1. The molecule has 2 rings (SSSR count). The molecule has 0 saturated carbocycles. The summed E-state index contributed by atoms with van der Waals surface area (Å²) in [6, 6.07) is 9.47. The van der Waals surface area contributed by atoms with Crippen LogP contribution >= 0.6 is 11.3 Å². The predicted molar refractivity (Wildman–Crippen MR) is 102 cm³/mol. The third-order valence-electron chi connectivity index (χ3n) is 3.85. The van der Waals surface area contributed by atoms with Crippen LogP contribution in [0.4, 0.5) is 0 Å². The number of sulfone groups is 1. The smallest absolute Gasteiger partial charge is 0.265 e. The molecule has 0 aliphatic rings. The Morgan fingerprint density at radius 1 is 1.32 bits per heavy atom. The van der Waals surface area contributed by atoms with E-state index in [1.54, 1.807) is 18.6 Å². The molecule has 5 nitrogen and oxygen atoms in total. The summed E-state index contributed by atoms with van der Waals surface area (Å²) in [5.41, 5.74) is 0.988. The first-order valence-electron chi connectivity index (χ1n) is 7.98. The van der Waals surface area contributed by atoms with Gasteiger partial charge in [0.05, 0.1) is 6.04 Å². The molecule has 1 heterocycles. The van der Waals surface area contributed by atoms with Crippen LogP contribution in [0.25, 0.3) is 6.08 Å². The van der Waals surface area contributed by atoms with E-state index in [4.69, 9.17) is 0 Å². The highest BCUT2D eigenvalue weighted by atomic mass is 32.2. The molecule has 25 heavy (non-hydrogen) atoms. The number of benzene rings is 1. The Kier molecular flexibility index (Phi) is 6.50. The number of hydrogen-bond acceptors (Lipinski definition) is 5. The number of rotatable bonds is 7. The second kappa shape index (κ2) is 8.40. The summed E-state index contributed by atoms with van der Waals surface area (Å²) in [6.07, 6.45) is 5.61. The molecule has 2 aromatic rings. The summed E-state index contributed by atoms with van der Waals surface area (Å²) in [5.74, 6) is -0.514. The number of nitrogens with zero attached hydrogens (tertiary/aromatic N) is 2. The number of hydrogen-bond donors (Lipinski definition) is 0. The first kappa shape index (κ1) is 19.3. The number of likely N-dealkylation sites (N-methyl/N-ethyl adjacent to an activating group) is 1. The van der Waals surface area contributed by atoms with Gasteiger partial charge in [-0.1, -0.05) is 43.7 Å². The van der Waals surface area contributed by atoms with Gasteiger partial charge in [-0.15, -0.1) is 11.3 Å². The topological polar surface area (TPSA) is 67.3 Å². The molecule has 1 amide bonds. The van der Waals surface area contributed by atoms with Crippen LogP contribution in [0.15, 0.2) is 46.8 Å². The van der Waals surface area contributed by atoms with Crippen molar-refractivity contribution < 1.29 is 13.2 Å². The van der Waals surface area contributed by atoms with E-state index in [9.17, 15) is 13.2 Å². The lowest BCUT2D eigenvalue weighted by molar-refractivity contribution is -0.127. The Morgan fingerprint density at radius 2 is 2.00 bits per heavy atom. The fourth-order valence-electron chi connectivity index (χ4n) is 2.59. The molecule has 1 unspecified atom stereocenters. The van der Waals surface area contributed by atoms with Crippen molar-refractivity contribution in [1.29, 1.82) is 0 Å². The maximum atomic E-state index is 13.0. The van der Waals surface area contributed by atoms with Crippen LogP contribution in [0.3, 0.4) is 0 Å². The molecule has 7 heteroatoms.